The van der Waals surface area contributed by atoms with Gasteiger partial charge in [-0.05, 0) is 19.8 Å². The van der Waals surface area contributed by atoms with E-state index in [0.29, 0.717) is 23.7 Å². The highest BCUT2D eigenvalue weighted by Crippen LogP contribution is 2.15. The number of hydrogen-bond acceptors (Lipinski definition) is 6. The second kappa shape index (κ2) is 5.34. The molecular weight excluding hydrogens is 280 g/mol. The summed E-state index contributed by atoms with van der Waals surface area (Å²) in [4.78, 5) is 28.6. The zero-order chi connectivity index (χ0) is 14.1. The van der Waals surface area contributed by atoms with Gasteiger partial charge in [-0.25, -0.2) is 9.78 Å². The van der Waals surface area contributed by atoms with Crippen LogP contribution in [-0.2, 0) is 20.9 Å². The summed E-state index contributed by atoms with van der Waals surface area (Å²) in [6, 6.07) is 1.40. The predicted octanol–water partition coefficient (Wildman–Crippen LogP) is 1.29. The van der Waals surface area contributed by atoms with Crippen molar-refractivity contribution in [2.75, 3.05) is 6.61 Å². The molecule has 1 fully saturated rings. The molecule has 0 spiro atoms. The lowest BCUT2D eigenvalue weighted by Crippen LogP contribution is -2.23. The van der Waals surface area contributed by atoms with Crippen LogP contribution < -0.4 is 5.56 Å². The van der Waals surface area contributed by atoms with E-state index in [9.17, 15) is 9.59 Å². The lowest BCUT2D eigenvalue weighted by Gasteiger charge is -2.09. The average molecular weight is 294 g/mol. The van der Waals surface area contributed by atoms with E-state index in [4.69, 9.17) is 9.47 Å². The third-order valence-corrected chi connectivity index (χ3v) is 4.13. The second-order valence-corrected chi connectivity index (χ2v) is 5.53. The van der Waals surface area contributed by atoms with Crippen LogP contribution in [0.5, 0.6) is 0 Å². The molecule has 2 aromatic rings. The Morgan fingerprint density at radius 1 is 1.65 bits per heavy atom. The highest BCUT2D eigenvalue weighted by molar-refractivity contribution is 7.15. The Morgan fingerprint density at radius 2 is 2.50 bits per heavy atom. The number of fused-ring (bicyclic) bond motifs is 1. The fourth-order valence-electron chi connectivity index (χ4n) is 2.18. The number of aromatic nitrogens is 2. The third kappa shape index (κ3) is 2.46. The number of nitrogens with zero attached hydrogens (tertiary/aromatic N) is 2. The molecule has 106 valence electrons. The first-order valence-electron chi connectivity index (χ1n) is 6.40. The fraction of sp³-hybridized carbons (Fsp3) is 0.462. The van der Waals surface area contributed by atoms with Gasteiger partial charge >= 0.3 is 5.97 Å². The minimum atomic E-state index is -0.469. The Labute approximate surface area is 119 Å². The van der Waals surface area contributed by atoms with Crippen molar-refractivity contribution in [2.24, 2.45) is 0 Å². The molecule has 2 aromatic heterocycles. The van der Waals surface area contributed by atoms with Gasteiger partial charge < -0.3 is 9.47 Å². The average Bonchev–Trinajstić information content (AvgIpc) is 3.06. The standard InChI is InChI=1S/C13H14N2O4S/c1-8-7-20-13-14-9(5-11(16)15(8)13)6-19-12(17)10-3-2-4-18-10/h5,7,10H,2-4,6H2,1H3/t10-/m1/s1. The number of carbonyl (C=O) groups excluding carboxylic acids is 1. The van der Waals surface area contributed by atoms with Gasteiger partial charge in [0, 0.05) is 23.7 Å². The Bertz CT molecular complexity index is 700. The molecule has 1 aliphatic rings. The maximum Gasteiger partial charge on any atom is 0.335 e. The van der Waals surface area contributed by atoms with Crippen LogP contribution in [0, 0.1) is 6.92 Å². The summed E-state index contributed by atoms with van der Waals surface area (Å²) in [7, 11) is 0. The maximum absolute atomic E-state index is 11.9. The van der Waals surface area contributed by atoms with E-state index in [1.54, 1.807) is 0 Å². The van der Waals surface area contributed by atoms with Gasteiger partial charge in [0.2, 0.25) is 0 Å². The summed E-state index contributed by atoms with van der Waals surface area (Å²) in [6.45, 7) is 2.45. The first-order chi connectivity index (χ1) is 9.65. The molecule has 0 saturated carbocycles. The first-order valence-corrected chi connectivity index (χ1v) is 7.28. The van der Waals surface area contributed by atoms with Gasteiger partial charge in [0.1, 0.15) is 6.61 Å². The SMILES string of the molecule is Cc1csc2nc(COC(=O)[C@H]3CCCO3)cc(=O)n12. The van der Waals surface area contributed by atoms with Gasteiger partial charge in [-0.1, -0.05) is 0 Å². The minimum Gasteiger partial charge on any atom is -0.457 e. The minimum absolute atomic E-state index is 0.00137. The molecular formula is C13H14N2O4S. The third-order valence-electron chi connectivity index (χ3n) is 3.18. The zero-order valence-electron chi connectivity index (χ0n) is 11.0. The highest BCUT2D eigenvalue weighted by Gasteiger charge is 2.25. The number of aryl methyl sites for hydroxylation is 1. The molecule has 0 N–H and O–H groups in total. The van der Waals surface area contributed by atoms with Crippen molar-refractivity contribution >= 4 is 22.3 Å². The fourth-order valence-corrected chi connectivity index (χ4v) is 3.07. The number of rotatable bonds is 3. The van der Waals surface area contributed by atoms with Gasteiger partial charge in [0.05, 0.1) is 5.69 Å². The molecule has 0 amide bonds. The molecule has 0 aromatic carbocycles. The van der Waals surface area contributed by atoms with Crippen molar-refractivity contribution in [1.29, 1.82) is 0 Å². The molecule has 1 saturated heterocycles. The van der Waals surface area contributed by atoms with Crippen LogP contribution in [0.15, 0.2) is 16.2 Å². The molecule has 3 rings (SSSR count). The maximum atomic E-state index is 11.9. The highest BCUT2D eigenvalue weighted by atomic mass is 32.1. The summed E-state index contributed by atoms with van der Waals surface area (Å²) >= 11 is 1.39. The molecule has 7 heteroatoms. The van der Waals surface area contributed by atoms with Gasteiger partial charge in [-0.2, -0.15) is 0 Å². The summed E-state index contributed by atoms with van der Waals surface area (Å²) in [5, 5.41) is 1.87. The van der Waals surface area contributed by atoms with Crippen molar-refractivity contribution in [3.8, 4) is 0 Å². The molecule has 0 aliphatic carbocycles. The van der Waals surface area contributed by atoms with Crippen LogP contribution in [0.25, 0.3) is 4.96 Å². The second-order valence-electron chi connectivity index (χ2n) is 4.69. The van der Waals surface area contributed by atoms with E-state index in [2.05, 4.69) is 4.98 Å². The number of hydrogen-bond donors (Lipinski definition) is 0. The van der Waals surface area contributed by atoms with E-state index in [0.717, 1.165) is 12.1 Å². The van der Waals surface area contributed by atoms with E-state index >= 15 is 0 Å². The largest absolute Gasteiger partial charge is 0.457 e. The number of esters is 1. The molecule has 0 bridgehead atoms. The van der Waals surface area contributed by atoms with Crippen LogP contribution in [0.1, 0.15) is 24.2 Å². The molecule has 0 radical (unpaired) electrons. The van der Waals surface area contributed by atoms with E-state index in [1.807, 2.05) is 12.3 Å². The summed E-state index contributed by atoms with van der Waals surface area (Å²) < 4.78 is 11.9. The van der Waals surface area contributed by atoms with E-state index in [1.165, 1.54) is 21.8 Å². The van der Waals surface area contributed by atoms with Crippen LogP contribution in [0.2, 0.25) is 0 Å². The quantitative estimate of drug-likeness (QED) is 0.798. The molecule has 20 heavy (non-hydrogen) atoms. The topological polar surface area (TPSA) is 69.9 Å². The predicted molar refractivity (Wildman–Crippen MR) is 72.8 cm³/mol. The number of thiazole rings is 1. The van der Waals surface area contributed by atoms with Gasteiger partial charge in [0.15, 0.2) is 11.1 Å². The lowest BCUT2D eigenvalue weighted by atomic mass is 10.2. The Hall–Kier alpha value is -1.73. The van der Waals surface area contributed by atoms with Crippen molar-refractivity contribution in [3.63, 3.8) is 0 Å². The van der Waals surface area contributed by atoms with Crippen LogP contribution in [-0.4, -0.2) is 28.1 Å². The Kier molecular flexibility index (Phi) is 3.54. The van der Waals surface area contributed by atoms with Gasteiger partial charge in [-0.15, -0.1) is 11.3 Å². The smallest absolute Gasteiger partial charge is 0.335 e. The summed E-state index contributed by atoms with van der Waals surface area (Å²) in [6.07, 6.45) is 1.10. The van der Waals surface area contributed by atoms with Gasteiger partial charge in [-0.3, -0.25) is 9.20 Å². The number of ether oxygens (including phenoxy) is 2. The van der Waals surface area contributed by atoms with Crippen LogP contribution in [0.3, 0.4) is 0 Å². The van der Waals surface area contributed by atoms with Crippen molar-refractivity contribution < 1.29 is 14.3 Å². The monoisotopic (exact) mass is 294 g/mol. The lowest BCUT2D eigenvalue weighted by molar-refractivity contribution is -0.155. The molecule has 3 heterocycles. The van der Waals surface area contributed by atoms with Crippen molar-refractivity contribution in [1.82, 2.24) is 9.38 Å². The summed E-state index contributed by atoms with van der Waals surface area (Å²) in [5.41, 5.74) is 1.16. The molecule has 1 atom stereocenters. The van der Waals surface area contributed by atoms with E-state index < -0.39 is 6.10 Å². The Morgan fingerprint density at radius 3 is 3.25 bits per heavy atom. The molecule has 0 unspecified atom stereocenters. The van der Waals surface area contributed by atoms with E-state index in [-0.39, 0.29) is 18.1 Å². The van der Waals surface area contributed by atoms with Crippen molar-refractivity contribution in [3.05, 3.63) is 33.2 Å². The molecule has 1 aliphatic heterocycles. The summed E-state index contributed by atoms with van der Waals surface area (Å²) in [5.74, 6) is -0.383. The zero-order valence-corrected chi connectivity index (χ0v) is 11.8. The normalized spacial score (nSPS) is 18.6. The van der Waals surface area contributed by atoms with Crippen LogP contribution >= 0.6 is 11.3 Å². The number of carbonyl (C=O) groups is 1. The molecule has 6 nitrogen and oxygen atoms in total. The van der Waals surface area contributed by atoms with Gasteiger partial charge in [0.25, 0.3) is 5.56 Å². The van der Waals surface area contributed by atoms with Crippen molar-refractivity contribution in [2.45, 2.75) is 32.5 Å². The van der Waals surface area contributed by atoms with Crippen LogP contribution in [0.4, 0.5) is 0 Å². The first kappa shape index (κ1) is 13.3. The Balaban J connectivity index is 1.74.